The number of carbonyl (C=O) groups excluding carboxylic acids is 1. The van der Waals surface area contributed by atoms with Crippen molar-refractivity contribution in [2.75, 3.05) is 25.0 Å². The molecule has 1 aromatic rings. The molecule has 1 aliphatic heterocycles. The second kappa shape index (κ2) is 8.76. The third kappa shape index (κ3) is 6.37. The summed E-state index contributed by atoms with van der Waals surface area (Å²) in [6.45, 7) is 7.69. The van der Waals surface area contributed by atoms with Crippen LogP contribution in [0.5, 0.6) is 0 Å². The summed E-state index contributed by atoms with van der Waals surface area (Å²) < 4.78 is 1.02. The Morgan fingerprint density at radius 3 is 2.38 bits per heavy atom. The normalized spacial score (nSPS) is 22.4. The number of benzene rings is 1. The molecule has 0 radical (unpaired) electrons. The molecule has 21 heavy (non-hydrogen) atoms. The third-order valence-electron chi connectivity index (χ3n) is 3.73. The van der Waals surface area contributed by atoms with Crippen molar-refractivity contribution in [2.24, 2.45) is 11.8 Å². The van der Waals surface area contributed by atoms with Crippen LogP contribution in [0, 0.1) is 11.8 Å². The molecule has 0 aliphatic carbocycles. The second-order valence-corrected chi connectivity index (χ2v) is 6.93. The van der Waals surface area contributed by atoms with E-state index in [1.54, 1.807) is 0 Å². The van der Waals surface area contributed by atoms with Crippen LogP contribution in [-0.2, 0) is 4.79 Å². The number of hydrogen-bond acceptors (Lipinski definition) is 2. The molecule has 118 valence electrons. The molecule has 1 fully saturated rings. The van der Waals surface area contributed by atoms with E-state index in [4.69, 9.17) is 0 Å². The highest BCUT2D eigenvalue weighted by Gasteiger charge is 2.21. The van der Waals surface area contributed by atoms with E-state index in [9.17, 15) is 4.79 Å². The van der Waals surface area contributed by atoms with Crippen LogP contribution in [0.4, 0.5) is 5.69 Å². The van der Waals surface area contributed by atoms with E-state index < -0.39 is 0 Å². The quantitative estimate of drug-likeness (QED) is 0.844. The maximum atomic E-state index is 12.0. The minimum Gasteiger partial charge on any atom is -1.00 e. The topological polar surface area (TPSA) is 32.3 Å². The van der Waals surface area contributed by atoms with Gasteiger partial charge in [-0.05, 0) is 42.5 Å². The molecular formula is C16H23BrClN2O-. The molecule has 2 atom stereocenters. The SMILES string of the molecule is CC1CC(C)CN(CCC(=O)Nc2ccc(Br)cc2)C1.[Cl-]. The van der Waals surface area contributed by atoms with Gasteiger partial charge in [0.15, 0.2) is 0 Å². The van der Waals surface area contributed by atoms with Gasteiger partial charge in [0, 0.05) is 36.2 Å². The van der Waals surface area contributed by atoms with Gasteiger partial charge in [-0.15, -0.1) is 0 Å². The number of nitrogens with zero attached hydrogens (tertiary/aromatic N) is 1. The van der Waals surface area contributed by atoms with E-state index in [-0.39, 0.29) is 18.3 Å². The minimum atomic E-state index is 0. The monoisotopic (exact) mass is 373 g/mol. The first-order valence-electron chi connectivity index (χ1n) is 7.30. The van der Waals surface area contributed by atoms with Crippen LogP contribution in [0.1, 0.15) is 26.7 Å². The fourth-order valence-corrected chi connectivity index (χ4v) is 3.26. The maximum Gasteiger partial charge on any atom is 0.225 e. The first-order valence-corrected chi connectivity index (χ1v) is 8.10. The molecule has 1 aromatic carbocycles. The Morgan fingerprint density at radius 1 is 1.24 bits per heavy atom. The number of amides is 1. The largest absolute Gasteiger partial charge is 1.00 e. The van der Waals surface area contributed by atoms with Gasteiger partial charge in [0.25, 0.3) is 0 Å². The van der Waals surface area contributed by atoms with Gasteiger partial charge in [-0.2, -0.15) is 0 Å². The molecule has 1 N–H and O–H groups in total. The molecule has 1 heterocycles. The van der Waals surface area contributed by atoms with Crippen LogP contribution < -0.4 is 17.7 Å². The summed E-state index contributed by atoms with van der Waals surface area (Å²) in [6.07, 6.45) is 1.87. The lowest BCUT2D eigenvalue weighted by Gasteiger charge is -2.34. The lowest BCUT2D eigenvalue weighted by atomic mass is 9.92. The molecule has 1 saturated heterocycles. The Morgan fingerprint density at radius 2 is 1.81 bits per heavy atom. The van der Waals surface area contributed by atoms with E-state index in [2.05, 4.69) is 40.0 Å². The lowest BCUT2D eigenvalue weighted by molar-refractivity contribution is -0.116. The standard InChI is InChI=1S/C16H23BrN2O.ClH/c1-12-9-13(2)11-19(10-12)8-7-16(20)18-15-5-3-14(17)4-6-15;/h3-6,12-13H,7-11H2,1-2H3,(H,18,20);1H/p-1. The molecule has 0 bridgehead atoms. The van der Waals surface area contributed by atoms with E-state index >= 15 is 0 Å². The van der Waals surface area contributed by atoms with Crippen LogP contribution in [0.25, 0.3) is 0 Å². The number of hydrogen-bond donors (Lipinski definition) is 1. The number of likely N-dealkylation sites (tertiary alicyclic amines) is 1. The summed E-state index contributed by atoms with van der Waals surface area (Å²) in [5.74, 6) is 1.58. The zero-order valence-electron chi connectivity index (χ0n) is 12.6. The highest BCUT2D eigenvalue weighted by Crippen LogP contribution is 2.21. The number of nitrogens with one attached hydrogen (secondary N) is 1. The van der Waals surface area contributed by atoms with Crippen molar-refractivity contribution in [1.29, 1.82) is 0 Å². The summed E-state index contributed by atoms with van der Waals surface area (Å²) in [7, 11) is 0. The van der Waals surface area contributed by atoms with Crippen molar-refractivity contribution in [1.82, 2.24) is 4.90 Å². The van der Waals surface area contributed by atoms with Gasteiger partial charge in [-0.3, -0.25) is 4.79 Å². The van der Waals surface area contributed by atoms with Gasteiger partial charge in [-0.1, -0.05) is 29.8 Å². The van der Waals surface area contributed by atoms with Crippen LogP contribution in [0.3, 0.4) is 0 Å². The van der Waals surface area contributed by atoms with Crippen LogP contribution in [-0.4, -0.2) is 30.4 Å². The molecule has 0 spiro atoms. The van der Waals surface area contributed by atoms with Gasteiger partial charge in [0.05, 0.1) is 0 Å². The predicted molar refractivity (Wildman–Crippen MR) is 86.8 cm³/mol. The van der Waals surface area contributed by atoms with Crippen molar-refractivity contribution < 1.29 is 17.2 Å². The maximum absolute atomic E-state index is 12.0. The average molecular weight is 375 g/mol. The lowest BCUT2D eigenvalue weighted by Crippen LogP contribution is -3.00. The fraction of sp³-hybridized carbons (Fsp3) is 0.562. The second-order valence-electron chi connectivity index (χ2n) is 6.01. The number of rotatable bonds is 4. The Kier molecular flexibility index (Phi) is 7.71. The van der Waals surface area contributed by atoms with E-state index in [1.165, 1.54) is 6.42 Å². The van der Waals surface area contributed by atoms with Gasteiger partial charge in [-0.25, -0.2) is 0 Å². The Balaban J connectivity index is 0.00000220. The molecular weight excluding hydrogens is 352 g/mol. The summed E-state index contributed by atoms with van der Waals surface area (Å²) in [5, 5.41) is 2.94. The van der Waals surface area contributed by atoms with Crippen molar-refractivity contribution in [2.45, 2.75) is 26.7 Å². The summed E-state index contributed by atoms with van der Waals surface area (Å²) in [6, 6.07) is 7.69. The molecule has 0 saturated carbocycles. The van der Waals surface area contributed by atoms with Crippen LogP contribution >= 0.6 is 15.9 Å². The van der Waals surface area contributed by atoms with E-state index in [0.717, 1.165) is 41.6 Å². The van der Waals surface area contributed by atoms with Gasteiger partial charge in [0.2, 0.25) is 5.91 Å². The van der Waals surface area contributed by atoms with Crippen LogP contribution in [0.2, 0.25) is 0 Å². The fourth-order valence-electron chi connectivity index (χ4n) is 2.99. The number of piperidine rings is 1. The first-order chi connectivity index (χ1) is 9.52. The molecule has 2 unspecified atom stereocenters. The van der Waals surface area contributed by atoms with E-state index in [1.807, 2.05) is 24.3 Å². The zero-order chi connectivity index (χ0) is 14.5. The number of anilines is 1. The first kappa shape index (κ1) is 18.5. The Bertz CT molecular complexity index is 442. The van der Waals surface area contributed by atoms with Crippen molar-refractivity contribution in [3.8, 4) is 0 Å². The predicted octanol–water partition coefficient (Wildman–Crippen LogP) is 0.760. The number of halogens is 2. The van der Waals surface area contributed by atoms with Crippen molar-refractivity contribution in [3.05, 3.63) is 28.7 Å². The van der Waals surface area contributed by atoms with Gasteiger partial charge >= 0.3 is 0 Å². The van der Waals surface area contributed by atoms with Crippen molar-refractivity contribution in [3.63, 3.8) is 0 Å². The zero-order valence-corrected chi connectivity index (χ0v) is 15.0. The minimum absolute atomic E-state index is 0. The molecule has 2 rings (SSSR count). The molecule has 1 amide bonds. The molecule has 1 aliphatic rings. The summed E-state index contributed by atoms with van der Waals surface area (Å²) in [4.78, 5) is 14.4. The molecule has 5 heteroatoms. The highest BCUT2D eigenvalue weighted by molar-refractivity contribution is 9.10. The smallest absolute Gasteiger partial charge is 0.225 e. The molecule has 3 nitrogen and oxygen atoms in total. The third-order valence-corrected chi connectivity index (χ3v) is 4.26. The molecule has 0 aromatic heterocycles. The van der Waals surface area contributed by atoms with Gasteiger partial charge < -0.3 is 22.6 Å². The summed E-state index contributed by atoms with van der Waals surface area (Å²) >= 11 is 3.39. The van der Waals surface area contributed by atoms with Crippen molar-refractivity contribution >= 4 is 27.5 Å². The Labute approximate surface area is 142 Å². The van der Waals surface area contributed by atoms with Gasteiger partial charge in [0.1, 0.15) is 0 Å². The number of carbonyl (C=O) groups is 1. The Hall–Kier alpha value is -0.580. The van der Waals surface area contributed by atoms with Crippen LogP contribution in [0.15, 0.2) is 28.7 Å². The van der Waals surface area contributed by atoms with E-state index in [0.29, 0.717) is 6.42 Å². The summed E-state index contributed by atoms with van der Waals surface area (Å²) in [5.41, 5.74) is 0.860. The highest BCUT2D eigenvalue weighted by atomic mass is 79.9. The average Bonchev–Trinajstić information content (AvgIpc) is 2.38.